The van der Waals surface area contributed by atoms with E-state index in [0.717, 1.165) is 18.5 Å². The number of amides is 1. The molecule has 1 saturated carbocycles. The molecule has 1 aliphatic rings. The average Bonchev–Trinajstić information content (AvgIpc) is 3.27. The van der Waals surface area contributed by atoms with Crippen LogP contribution in [0.1, 0.15) is 61.3 Å². The highest BCUT2D eigenvalue weighted by Gasteiger charge is 2.29. The highest BCUT2D eigenvalue weighted by Crippen LogP contribution is 2.40. The van der Waals surface area contributed by atoms with Crippen LogP contribution in [0.25, 0.3) is 11.1 Å². The van der Waals surface area contributed by atoms with E-state index in [4.69, 9.17) is 4.52 Å². The van der Waals surface area contributed by atoms with Gasteiger partial charge in [0.25, 0.3) is 11.6 Å². The number of hydrogen-bond donors (Lipinski definition) is 2. The van der Waals surface area contributed by atoms with Crippen molar-refractivity contribution in [3.63, 3.8) is 0 Å². The summed E-state index contributed by atoms with van der Waals surface area (Å²) in [5.41, 5.74) is 2.18. The van der Waals surface area contributed by atoms with Crippen molar-refractivity contribution in [1.29, 1.82) is 0 Å². The largest absolute Gasteiger partial charge is 0.391 e. The Morgan fingerprint density at radius 3 is 2.78 bits per heavy atom. The average molecular weight is 317 g/mol. The molecule has 6 heteroatoms. The van der Waals surface area contributed by atoms with Gasteiger partial charge in [0.15, 0.2) is 0 Å². The fourth-order valence-electron chi connectivity index (χ4n) is 2.47. The van der Waals surface area contributed by atoms with E-state index < -0.39 is 6.10 Å². The molecule has 0 bridgehead atoms. The minimum atomic E-state index is -0.616. The fraction of sp³-hybridized carbons (Fsp3) is 0.588. The molecule has 0 aliphatic heterocycles. The third kappa shape index (κ3) is 3.22. The Balaban J connectivity index is 1.88. The number of pyridine rings is 1. The van der Waals surface area contributed by atoms with Crippen molar-refractivity contribution in [3.05, 3.63) is 23.0 Å². The van der Waals surface area contributed by atoms with Crippen molar-refractivity contribution < 1.29 is 14.4 Å². The van der Waals surface area contributed by atoms with E-state index in [1.807, 2.05) is 26.8 Å². The monoisotopic (exact) mass is 317 g/mol. The molecule has 0 radical (unpaired) electrons. The lowest BCUT2D eigenvalue weighted by Gasteiger charge is -2.25. The first kappa shape index (κ1) is 15.9. The van der Waals surface area contributed by atoms with Crippen LogP contribution < -0.4 is 5.32 Å². The third-order valence-electron chi connectivity index (χ3n) is 4.33. The molecular formula is C17H23N3O3. The van der Waals surface area contributed by atoms with Crippen molar-refractivity contribution in [2.75, 3.05) is 6.54 Å². The third-order valence-corrected chi connectivity index (χ3v) is 4.33. The summed E-state index contributed by atoms with van der Waals surface area (Å²) in [5.74, 6) is 0.186. The molecule has 2 aromatic rings. The van der Waals surface area contributed by atoms with Gasteiger partial charge in [-0.1, -0.05) is 25.9 Å². The van der Waals surface area contributed by atoms with Crippen LogP contribution in [0.4, 0.5) is 0 Å². The zero-order valence-corrected chi connectivity index (χ0v) is 14.0. The van der Waals surface area contributed by atoms with Crippen molar-refractivity contribution >= 4 is 17.0 Å². The first-order chi connectivity index (χ1) is 10.8. The summed E-state index contributed by atoms with van der Waals surface area (Å²) in [7, 11) is 0. The number of carbonyl (C=O) groups excluding carboxylic acids is 1. The summed E-state index contributed by atoms with van der Waals surface area (Å²) in [5, 5.41) is 17.5. The van der Waals surface area contributed by atoms with Crippen LogP contribution in [0.15, 0.2) is 10.6 Å². The van der Waals surface area contributed by atoms with Crippen LogP contribution in [-0.2, 0) is 0 Å². The Bertz CT molecular complexity index is 741. The van der Waals surface area contributed by atoms with Crippen LogP contribution >= 0.6 is 0 Å². The van der Waals surface area contributed by atoms with Gasteiger partial charge < -0.3 is 14.9 Å². The summed E-state index contributed by atoms with van der Waals surface area (Å²) in [6.45, 7) is 7.80. The van der Waals surface area contributed by atoms with Gasteiger partial charge in [-0.25, -0.2) is 4.98 Å². The molecule has 0 spiro atoms. The van der Waals surface area contributed by atoms with E-state index in [1.54, 1.807) is 6.92 Å². The van der Waals surface area contributed by atoms with Crippen LogP contribution in [0.5, 0.6) is 0 Å². The molecule has 1 atom stereocenters. The Kier molecular flexibility index (Phi) is 3.88. The van der Waals surface area contributed by atoms with Crippen molar-refractivity contribution in [2.24, 2.45) is 5.41 Å². The van der Waals surface area contributed by atoms with Gasteiger partial charge in [0, 0.05) is 18.2 Å². The second-order valence-electron chi connectivity index (χ2n) is 7.41. The van der Waals surface area contributed by atoms with E-state index in [-0.39, 0.29) is 17.9 Å². The molecule has 0 aromatic carbocycles. The number of aromatic nitrogens is 2. The Labute approximate surface area is 135 Å². The number of nitrogens with zero attached hydrogens (tertiary/aromatic N) is 2. The Morgan fingerprint density at radius 2 is 2.17 bits per heavy atom. The lowest BCUT2D eigenvalue weighted by molar-refractivity contribution is 0.0587. The highest BCUT2D eigenvalue weighted by atomic mass is 16.5. The number of nitrogens with one attached hydrogen (secondary N) is 1. The van der Waals surface area contributed by atoms with E-state index in [9.17, 15) is 9.90 Å². The highest BCUT2D eigenvalue weighted by molar-refractivity contribution is 6.06. The van der Waals surface area contributed by atoms with Crippen molar-refractivity contribution in [1.82, 2.24) is 15.5 Å². The molecule has 2 aromatic heterocycles. The van der Waals surface area contributed by atoms with Gasteiger partial charge in [0.05, 0.1) is 22.7 Å². The second kappa shape index (κ2) is 5.60. The lowest BCUT2D eigenvalue weighted by atomic mass is 9.89. The quantitative estimate of drug-likeness (QED) is 0.904. The molecular weight excluding hydrogens is 294 g/mol. The molecule has 1 amide bonds. The number of fused-ring (bicyclic) bond motifs is 1. The van der Waals surface area contributed by atoms with Gasteiger partial charge in [-0.05, 0) is 31.2 Å². The normalized spacial score (nSPS) is 16.6. The molecule has 124 valence electrons. The van der Waals surface area contributed by atoms with Crippen LogP contribution in [0.3, 0.4) is 0 Å². The summed E-state index contributed by atoms with van der Waals surface area (Å²) >= 11 is 0. The van der Waals surface area contributed by atoms with Crippen LogP contribution in [0.2, 0.25) is 0 Å². The standard InChI is InChI=1S/C17H23N3O3/c1-9-14-11(15(22)18-8-13(21)17(2,3)4)7-12(10-5-6-10)19-16(14)23-20-9/h7,10,13,21H,5-6,8H2,1-4H3,(H,18,22). The number of hydrogen-bond acceptors (Lipinski definition) is 5. The van der Waals surface area contributed by atoms with E-state index in [2.05, 4.69) is 15.5 Å². The van der Waals surface area contributed by atoms with E-state index in [0.29, 0.717) is 28.3 Å². The summed E-state index contributed by atoms with van der Waals surface area (Å²) in [6.07, 6.45) is 1.57. The summed E-state index contributed by atoms with van der Waals surface area (Å²) < 4.78 is 5.25. The van der Waals surface area contributed by atoms with E-state index in [1.165, 1.54) is 0 Å². The predicted octanol–water partition coefficient (Wildman–Crippen LogP) is 2.55. The fourth-order valence-corrected chi connectivity index (χ4v) is 2.47. The Hall–Kier alpha value is -1.95. The maximum atomic E-state index is 12.6. The molecule has 3 rings (SSSR count). The molecule has 6 nitrogen and oxygen atoms in total. The van der Waals surface area contributed by atoms with Crippen molar-refractivity contribution in [2.45, 2.75) is 52.6 Å². The topological polar surface area (TPSA) is 88.2 Å². The van der Waals surface area contributed by atoms with E-state index >= 15 is 0 Å². The van der Waals surface area contributed by atoms with Crippen LogP contribution in [-0.4, -0.2) is 33.8 Å². The SMILES string of the molecule is Cc1noc2nc(C3CC3)cc(C(=O)NCC(O)C(C)(C)C)c12. The van der Waals surface area contributed by atoms with Gasteiger partial charge >= 0.3 is 0 Å². The maximum Gasteiger partial charge on any atom is 0.259 e. The van der Waals surface area contributed by atoms with Gasteiger partial charge in [0.1, 0.15) is 0 Å². The Morgan fingerprint density at radius 1 is 1.48 bits per heavy atom. The summed E-state index contributed by atoms with van der Waals surface area (Å²) in [4.78, 5) is 17.1. The molecule has 1 fully saturated rings. The molecule has 23 heavy (non-hydrogen) atoms. The number of carbonyl (C=O) groups is 1. The molecule has 1 unspecified atom stereocenters. The zero-order chi connectivity index (χ0) is 16.8. The molecule has 2 heterocycles. The smallest absolute Gasteiger partial charge is 0.259 e. The van der Waals surface area contributed by atoms with Gasteiger partial charge in [0.2, 0.25) is 0 Å². The lowest BCUT2D eigenvalue weighted by Crippen LogP contribution is -2.39. The van der Waals surface area contributed by atoms with Gasteiger partial charge in [-0.3, -0.25) is 4.79 Å². The number of aliphatic hydroxyl groups excluding tert-OH is 1. The van der Waals surface area contributed by atoms with Gasteiger partial charge in [-0.15, -0.1) is 0 Å². The minimum Gasteiger partial charge on any atom is -0.391 e. The zero-order valence-electron chi connectivity index (χ0n) is 14.0. The first-order valence-electron chi connectivity index (χ1n) is 8.00. The maximum absolute atomic E-state index is 12.6. The number of aliphatic hydroxyl groups is 1. The number of aryl methyl sites for hydroxylation is 1. The van der Waals surface area contributed by atoms with Crippen molar-refractivity contribution in [3.8, 4) is 0 Å². The molecule has 2 N–H and O–H groups in total. The minimum absolute atomic E-state index is 0.204. The predicted molar refractivity (Wildman–Crippen MR) is 86.3 cm³/mol. The molecule has 1 aliphatic carbocycles. The summed E-state index contributed by atoms with van der Waals surface area (Å²) in [6, 6.07) is 1.84. The first-order valence-corrected chi connectivity index (χ1v) is 8.00. The molecule has 0 saturated heterocycles. The number of rotatable bonds is 4. The second-order valence-corrected chi connectivity index (χ2v) is 7.41. The van der Waals surface area contributed by atoms with Gasteiger partial charge in [-0.2, -0.15) is 0 Å². The van der Waals surface area contributed by atoms with Crippen LogP contribution in [0, 0.1) is 12.3 Å².